The molecule has 16 heavy (non-hydrogen) atoms. The Morgan fingerprint density at radius 1 is 1.31 bits per heavy atom. The summed E-state index contributed by atoms with van der Waals surface area (Å²) in [5, 5.41) is 3.60. The van der Waals surface area contributed by atoms with Gasteiger partial charge in [0.05, 0.1) is 0 Å². The quantitative estimate of drug-likeness (QED) is 0.763. The van der Waals surface area contributed by atoms with E-state index in [0.717, 1.165) is 12.5 Å². The molecule has 0 saturated carbocycles. The van der Waals surface area contributed by atoms with E-state index in [0.29, 0.717) is 12.1 Å². The second-order valence-corrected chi connectivity index (χ2v) is 5.50. The lowest BCUT2D eigenvalue weighted by molar-refractivity contribution is 0.0919. The Bertz CT molecular complexity index is 194. The maximum atomic E-state index is 3.60. The number of hydrogen-bond donors (Lipinski definition) is 1. The van der Waals surface area contributed by atoms with Gasteiger partial charge in [0.2, 0.25) is 0 Å². The zero-order valence-corrected chi connectivity index (χ0v) is 11.7. The molecule has 1 N–H and O–H groups in total. The van der Waals surface area contributed by atoms with Gasteiger partial charge in [-0.1, -0.05) is 20.8 Å². The molecule has 2 atom stereocenters. The largest absolute Gasteiger partial charge is 0.313 e. The third kappa shape index (κ3) is 4.04. The average Bonchev–Trinajstić information content (AvgIpc) is 2.22. The Hall–Kier alpha value is -0.120. The molecule has 0 spiro atoms. The van der Waals surface area contributed by atoms with Crippen molar-refractivity contribution in [3.63, 3.8) is 0 Å². The van der Waals surface area contributed by atoms with Gasteiger partial charge < -0.3 is 10.2 Å². The summed E-state index contributed by atoms with van der Waals surface area (Å²) < 4.78 is 0. The summed E-state index contributed by atoms with van der Waals surface area (Å²) in [6.45, 7) is 15.1. The molecular formula is C13H29N3. The molecule has 1 fully saturated rings. The van der Waals surface area contributed by atoms with Crippen LogP contribution in [-0.2, 0) is 0 Å². The van der Waals surface area contributed by atoms with E-state index in [-0.39, 0.29) is 0 Å². The van der Waals surface area contributed by atoms with Crippen molar-refractivity contribution in [2.24, 2.45) is 5.92 Å². The van der Waals surface area contributed by atoms with E-state index in [1.807, 2.05) is 0 Å². The fourth-order valence-corrected chi connectivity index (χ4v) is 2.34. The van der Waals surface area contributed by atoms with E-state index in [1.165, 1.54) is 26.2 Å². The van der Waals surface area contributed by atoms with Crippen molar-refractivity contribution in [3.05, 3.63) is 0 Å². The summed E-state index contributed by atoms with van der Waals surface area (Å²) >= 11 is 0. The third-order valence-electron chi connectivity index (χ3n) is 3.77. The van der Waals surface area contributed by atoms with Crippen LogP contribution in [0.1, 0.15) is 27.7 Å². The van der Waals surface area contributed by atoms with Crippen molar-refractivity contribution < 1.29 is 0 Å². The van der Waals surface area contributed by atoms with Gasteiger partial charge in [0.15, 0.2) is 0 Å². The SMILES string of the molecule is CCNC(CN1CCN(C)C(C)C1)C(C)C. The van der Waals surface area contributed by atoms with Crippen molar-refractivity contribution in [3.8, 4) is 0 Å². The zero-order chi connectivity index (χ0) is 12.1. The van der Waals surface area contributed by atoms with Crippen LogP contribution in [0, 0.1) is 5.92 Å². The lowest BCUT2D eigenvalue weighted by Crippen LogP contribution is -2.54. The van der Waals surface area contributed by atoms with Gasteiger partial charge in [-0.2, -0.15) is 0 Å². The highest BCUT2D eigenvalue weighted by atomic mass is 15.3. The molecule has 1 rings (SSSR count). The highest BCUT2D eigenvalue weighted by Gasteiger charge is 2.23. The molecular weight excluding hydrogens is 198 g/mol. The number of piperazine rings is 1. The van der Waals surface area contributed by atoms with E-state index >= 15 is 0 Å². The molecule has 96 valence electrons. The van der Waals surface area contributed by atoms with Crippen LogP contribution in [0.4, 0.5) is 0 Å². The van der Waals surface area contributed by atoms with Crippen LogP contribution in [0.15, 0.2) is 0 Å². The molecule has 0 radical (unpaired) electrons. The average molecular weight is 227 g/mol. The summed E-state index contributed by atoms with van der Waals surface area (Å²) in [5.74, 6) is 0.718. The molecule has 1 aliphatic heterocycles. The van der Waals surface area contributed by atoms with Crippen LogP contribution < -0.4 is 5.32 Å². The number of hydrogen-bond acceptors (Lipinski definition) is 3. The van der Waals surface area contributed by atoms with Crippen LogP contribution in [0.2, 0.25) is 0 Å². The van der Waals surface area contributed by atoms with Crippen LogP contribution in [0.25, 0.3) is 0 Å². The predicted octanol–water partition coefficient (Wildman–Crippen LogP) is 1.26. The second kappa shape index (κ2) is 6.58. The summed E-state index contributed by atoms with van der Waals surface area (Å²) in [6.07, 6.45) is 0. The fourth-order valence-electron chi connectivity index (χ4n) is 2.34. The van der Waals surface area contributed by atoms with E-state index in [4.69, 9.17) is 0 Å². The minimum absolute atomic E-state index is 0.639. The van der Waals surface area contributed by atoms with Crippen molar-refractivity contribution in [1.29, 1.82) is 0 Å². The van der Waals surface area contributed by atoms with Crippen molar-refractivity contribution in [2.75, 3.05) is 39.8 Å². The molecule has 0 aromatic rings. The van der Waals surface area contributed by atoms with E-state index in [1.54, 1.807) is 0 Å². The highest BCUT2D eigenvalue weighted by Crippen LogP contribution is 2.10. The van der Waals surface area contributed by atoms with Crippen LogP contribution >= 0.6 is 0 Å². The Kier molecular flexibility index (Phi) is 5.73. The normalized spacial score (nSPS) is 26.2. The van der Waals surface area contributed by atoms with Gasteiger partial charge in [0, 0.05) is 38.3 Å². The fraction of sp³-hybridized carbons (Fsp3) is 1.00. The summed E-state index contributed by atoms with van der Waals surface area (Å²) in [6, 6.07) is 1.34. The van der Waals surface area contributed by atoms with Crippen LogP contribution in [0.5, 0.6) is 0 Å². The maximum Gasteiger partial charge on any atom is 0.0217 e. The summed E-state index contributed by atoms with van der Waals surface area (Å²) in [5.41, 5.74) is 0. The minimum Gasteiger partial charge on any atom is -0.313 e. The number of nitrogens with zero attached hydrogens (tertiary/aromatic N) is 2. The van der Waals surface area contributed by atoms with Crippen molar-refractivity contribution in [1.82, 2.24) is 15.1 Å². The van der Waals surface area contributed by atoms with Crippen LogP contribution in [-0.4, -0.2) is 61.7 Å². The second-order valence-electron chi connectivity index (χ2n) is 5.50. The summed E-state index contributed by atoms with van der Waals surface area (Å²) in [4.78, 5) is 5.06. The van der Waals surface area contributed by atoms with Gasteiger partial charge >= 0.3 is 0 Å². The lowest BCUT2D eigenvalue weighted by Gasteiger charge is -2.40. The van der Waals surface area contributed by atoms with Gasteiger partial charge in [-0.05, 0) is 26.4 Å². The molecule has 0 aromatic heterocycles. The maximum absolute atomic E-state index is 3.60. The Balaban J connectivity index is 2.40. The molecule has 0 bridgehead atoms. The van der Waals surface area contributed by atoms with Crippen molar-refractivity contribution in [2.45, 2.75) is 39.8 Å². The molecule has 0 amide bonds. The van der Waals surface area contributed by atoms with Gasteiger partial charge in [0.1, 0.15) is 0 Å². The first kappa shape index (κ1) is 13.9. The first-order valence-corrected chi connectivity index (χ1v) is 6.70. The first-order chi connectivity index (χ1) is 7.54. The Morgan fingerprint density at radius 2 is 2.00 bits per heavy atom. The molecule has 1 saturated heterocycles. The Morgan fingerprint density at radius 3 is 2.50 bits per heavy atom. The Labute approximate surface area is 101 Å². The minimum atomic E-state index is 0.639. The molecule has 3 nitrogen and oxygen atoms in total. The zero-order valence-electron chi connectivity index (χ0n) is 11.7. The summed E-state index contributed by atoms with van der Waals surface area (Å²) in [7, 11) is 2.23. The topological polar surface area (TPSA) is 18.5 Å². The molecule has 2 unspecified atom stereocenters. The third-order valence-corrected chi connectivity index (χ3v) is 3.77. The molecule has 3 heteroatoms. The predicted molar refractivity (Wildman–Crippen MR) is 70.8 cm³/mol. The molecule has 1 heterocycles. The highest BCUT2D eigenvalue weighted by molar-refractivity contribution is 4.81. The first-order valence-electron chi connectivity index (χ1n) is 6.70. The van der Waals surface area contributed by atoms with Gasteiger partial charge in [-0.25, -0.2) is 0 Å². The van der Waals surface area contributed by atoms with E-state index < -0.39 is 0 Å². The van der Waals surface area contributed by atoms with Crippen molar-refractivity contribution >= 4 is 0 Å². The molecule has 0 aromatic carbocycles. The lowest BCUT2D eigenvalue weighted by atomic mass is 10.0. The standard InChI is InChI=1S/C13H29N3/c1-6-14-13(11(2)3)10-16-8-7-15(5)12(4)9-16/h11-14H,6-10H2,1-5H3. The van der Waals surface area contributed by atoms with Gasteiger partial charge in [-0.3, -0.25) is 4.90 Å². The number of rotatable bonds is 5. The van der Waals surface area contributed by atoms with Crippen LogP contribution in [0.3, 0.4) is 0 Å². The number of likely N-dealkylation sites (N-methyl/N-ethyl adjacent to an activating group) is 2. The molecule has 1 aliphatic rings. The van der Waals surface area contributed by atoms with Gasteiger partial charge in [0.25, 0.3) is 0 Å². The molecule has 0 aliphatic carbocycles. The monoisotopic (exact) mass is 227 g/mol. The number of nitrogens with one attached hydrogen (secondary N) is 1. The van der Waals surface area contributed by atoms with E-state index in [9.17, 15) is 0 Å². The smallest absolute Gasteiger partial charge is 0.0217 e. The van der Waals surface area contributed by atoms with E-state index in [2.05, 4.69) is 49.9 Å². The van der Waals surface area contributed by atoms with Gasteiger partial charge in [-0.15, -0.1) is 0 Å².